The first-order valence-corrected chi connectivity index (χ1v) is 6.92. The molecule has 0 atom stereocenters. The smallest absolute Gasteiger partial charge is 0.210 e. The normalized spacial score (nSPS) is 17.0. The van der Waals surface area contributed by atoms with Gasteiger partial charge in [0.1, 0.15) is 5.75 Å². The van der Waals surface area contributed by atoms with E-state index in [1.54, 1.807) is 25.3 Å². The molecule has 1 aliphatic rings. The van der Waals surface area contributed by atoms with Gasteiger partial charge in [0.25, 0.3) is 0 Å². The van der Waals surface area contributed by atoms with Crippen molar-refractivity contribution in [3.63, 3.8) is 0 Å². The molecule has 0 bridgehead atoms. The third-order valence-corrected chi connectivity index (χ3v) is 4.30. The Morgan fingerprint density at radius 2 is 2.10 bits per heavy atom. The van der Waals surface area contributed by atoms with Crippen molar-refractivity contribution in [2.24, 2.45) is 5.16 Å². The number of hydrogen-bond acceptors (Lipinski definition) is 4. The highest BCUT2D eigenvalue weighted by molar-refractivity contribution is 5.80. The van der Waals surface area contributed by atoms with Crippen LogP contribution in [0.15, 0.2) is 34.2 Å². The highest BCUT2D eigenvalue weighted by Crippen LogP contribution is 2.34. The van der Waals surface area contributed by atoms with Gasteiger partial charge >= 0.3 is 0 Å². The molecule has 1 aromatic carbocycles. The fraction of sp³-hybridized carbons (Fsp3) is 0.375. The molecule has 0 amide bonds. The third kappa shape index (κ3) is 2.00. The van der Waals surface area contributed by atoms with Gasteiger partial charge in [-0.25, -0.2) is 0 Å². The zero-order valence-electron chi connectivity index (χ0n) is 12.4. The molecule has 0 fully saturated rings. The highest BCUT2D eigenvalue weighted by atomic mass is 16.5. The van der Waals surface area contributed by atoms with Crippen molar-refractivity contribution in [1.29, 1.82) is 0 Å². The second kappa shape index (κ2) is 4.62. The Bertz CT molecular complexity index is 850. The first-order chi connectivity index (χ1) is 9.97. The second-order valence-electron chi connectivity index (χ2n) is 6.01. The average Bonchev–Trinajstić information content (AvgIpc) is 2.68. The highest BCUT2D eigenvalue weighted by Gasteiger charge is 2.30. The van der Waals surface area contributed by atoms with Crippen LogP contribution in [0.25, 0.3) is 10.9 Å². The summed E-state index contributed by atoms with van der Waals surface area (Å²) in [6, 6.07) is 7.01. The number of ether oxygens (including phenoxy) is 1. The van der Waals surface area contributed by atoms with E-state index in [-0.39, 0.29) is 16.2 Å². The van der Waals surface area contributed by atoms with Gasteiger partial charge in [0.15, 0.2) is 5.36 Å². The molecule has 0 radical (unpaired) electrons. The van der Waals surface area contributed by atoms with E-state index in [1.807, 2.05) is 6.07 Å². The lowest BCUT2D eigenvalue weighted by Crippen LogP contribution is -2.23. The van der Waals surface area contributed by atoms with Crippen molar-refractivity contribution in [3.05, 3.63) is 45.5 Å². The molecule has 1 N–H and O–H groups in total. The van der Waals surface area contributed by atoms with Crippen LogP contribution < -0.4 is 15.5 Å². The molecule has 0 saturated heterocycles. The number of rotatable bonds is 1. The summed E-state index contributed by atoms with van der Waals surface area (Å²) in [5, 5.41) is 13.2. The van der Waals surface area contributed by atoms with Crippen molar-refractivity contribution in [2.45, 2.75) is 32.2 Å². The zero-order valence-corrected chi connectivity index (χ0v) is 12.4. The van der Waals surface area contributed by atoms with Gasteiger partial charge in [-0.05, 0) is 18.6 Å². The summed E-state index contributed by atoms with van der Waals surface area (Å²) < 4.78 is 7.40. The molecule has 0 spiro atoms. The maximum Gasteiger partial charge on any atom is 0.210 e. The Labute approximate surface area is 122 Å². The van der Waals surface area contributed by atoms with Crippen molar-refractivity contribution in [2.75, 3.05) is 7.11 Å². The quantitative estimate of drug-likeness (QED) is 0.644. The third-order valence-electron chi connectivity index (χ3n) is 4.30. The Morgan fingerprint density at radius 1 is 1.33 bits per heavy atom. The average molecular weight is 286 g/mol. The molecular weight excluding hydrogens is 268 g/mol. The number of hydrogen-bond donors (Lipinski definition) is 1. The maximum atomic E-state index is 12.4. The van der Waals surface area contributed by atoms with Crippen LogP contribution in [-0.2, 0) is 12.0 Å². The Hall–Kier alpha value is -2.30. The van der Waals surface area contributed by atoms with Crippen molar-refractivity contribution >= 4 is 10.9 Å². The maximum absolute atomic E-state index is 12.4. The molecule has 0 unspecified atom stereocenters. The monoisotopic (exact) mass is 286 g/mol. The summed E-state index contributed by atoms with van der Waals surface area (Å²) in [4.78, 5) is 12.4. The molecule has 21 heavy (non-hydrogen) atoms. The van der Waals surface area contributed by atoms with Crippen LogP contribution in [0.4, 0.5) is 0 Å². The summed E-state index contributed by atoms with van der Waals surface area (Å²) in [5.74, 6) is 0.712. The molecule has 110 valence electrons. The number of methoxy groups -OCH3 is 1. The number of nitrogens with zero attached hydrogens (tertiary/aromatic N) is 2. The van der Waals surface area contributed by atoms with Crippen LogP contribution in [0.2, 0.25) is 0 Å². The number of benzene rings is 1. The number of aromatic nitrogens is 1. The van der Waals surface area contributed by atoms with Crippen LogP contribution in [0.5, 0.6) is 5.75 Å². The lowest BCUT2D eigenvalue weighted by molar-refractivity contribution is 0.302. The first-order valence-electron chi connectivity index (χ1n) is 6.92. The van der Waals surface area contributed by atoms with Gasteiger partial charge in [0, 0.05) is 35.2 Å². The molecule has 0 aliphatic carbocycles. The Balaban J connectivity index is 2.59. The zero-order chi connectivity index (χ0) is 15.2. The van der Waals surface area contributed by atoms with Crippen molar-refractivity contribution < 1.29 is 9.94 Å². The van der Waals surface area contributed by atoms with Gasteiger partial charge in [-0.1, -0.05) is 19.0 Å². The standard InChI is InChI=1S/C16H18N2O3/c1-16(2)6-7-18-12-8-10(21-3)4-5-11(12)15(17-20)13(19)9-14(16)18/h4-5,8-9,20H,6-7H2,1-3H3. The van der Waals surface area contributed by atoms with Gasteiger partial charge in [0.2, 0.25) is 5.43 Å². The van der Waals surface area contributed by atoms with Crippen LogP contribution in [0, 0.1) is 0 Å². The van der Waals surface area contributed by atoms with Gasteiger partial charge in [-0.3, -0.25) is 4.79 Å². The summed E-state index contributed by atoms with van der Waals surface area (Å²) >= 11 is 0. The van der Waals surface area contributed by atoms with Gasteiger partial charge in [-0.2, -0.15) is 0 Å². The van der Waals surface area contributed by atoms with Crippen LogP contribution in [0.1, 0.15) is 26.0 Å². The summed E-state index contributed by atoms with van der Waals surface area (Å²) in [5.41, 5.74) is 1.46. The molecule has 3 rings (SSSR count). The van der Waals surface area contributed by atoms with Crippen LogP contribution >= 0.6 is 0 Å². The number of fused-ring (bicyclic) bond motifs is 3. The number of aryl methyl sites for hydroxylation is 1. The van der Waals surface area contributed by atoms with Gasteiger partial charge in [0.05, 0.1) is 12.6 Å². The minimum Gasteiger partial charge on any atom is -0.497 e. The molecule has 1 aromatic heterocycles. The fourth-order valence-electron chi connectivity index (χ4n) is 3.02. The predicted molar refractivity (Wildman–Crippen MR) is 79.8 cm³/mol. The van der Waals surface area contributed by atoms with Gasteiger partial charge in [-0.15, -0.1) is 0 Å². The van der Waals surface area contributed by atoms with E-state index in [2.05, 4.69) is 23.6 Å². The van der Waals surface area contributed by atoms with E-state index in [9.17, 15) is 10.0 Å². The van der Waals surface area contributed by atoms with Crippen LogP contribution in [-0.4, -0.2) is 16.9 Å². The van der Waals surface area contributed by atoms with E-state index < -0.39 is 0 Å². The summed E-state index contributed by atoms with van der Waals surface area (Å²) in [7, 11) is 1.61. The Kier molecular flexibility index (Phi) is 3.01. The van der Waals surface area contributed by atoms with Crippen LogP contribution in [0.3, 0.4) is 0 Å². The largest absolute Gasteiger partial charge is 0.497 e. The minimum absolute atomic E-state index is 0.0744. The lowest BCUT2D eigenvalue weighted by atomic mass is 9.88. The van der Waals surface area contributed by atoms with Crippen molar-refractivity contribution in [3.8, 4) is 5.75 Å². The molecule has 5 nitrogen and oxygen atoms in total. The predicted octanol–water partition coefficient (Wildman–Crippen LogP) is 1.98. The molecule has 0 saturated carbocycles. The lowest BCUT2D eigenvalue weighted by Gasteiger charge is -2.16. The molecule has 5 heteroatoms. The van der Waals surface area contributed by atoms with E-state index in [4.69, 9.17) is 4.74 Å². The second-order valence-corrected chi connectivity index (χ2v) is 6.01. The molecular formula is C16H18N2O3. The summed E-state index contributed by atoms with van der Waals surface area (Å²) in [6.07, 6.45) is 0.967. The minimum atomic E-state index is -0.267. The van der Waals surface area contributed by atoms with E-state index in [0.29, 0.717) is 11.1 Å². The SMILES string of the molecule is COc1ccc2c(=NO)c(=O)cc3n(c2c1)CCC3(C)C. The molecule has 2 heterocycles. The van der Waals surface area contributed by atoms with E-state index in [1.165, 1.54) is 0 Å². The van der Waals surface area contributed by atoms with E-state index >= 15 is 0 Å². The molecule has 1 aliphatic heterocycles. The summed E-state index contributed by atoms with van der Waals surface area (Å²) in [6.45, 7) is 5.06. The topological polar surface area (TPSA) is 63.8 Å². The first kappa shape index (κ1) is 13.7. The van der Waals surface area contributed by atoms with Crippen molar-refractivity contribution in [1.82, 2.24) is 4.57 Å². The van der Waals surface area contributed by atoms with E-state index in [0.717, 1.165) is 24.2 Å². The molecule has 2 aromatic rings. The fourth-order valence-corrected chi connectivity index (χ4v) is 3.02. The Morgan fingerprint density at radius 3 is 2.76 bits per heavy atom. The van der Waals surface area contributed by atoms with Gasteiger partial charge < -0.3 is 14.5 Å².